The van der Waals surface area contributed by atoms with E-state index in [9.17, 15) is 4.57 Å². The zero-order chi connectivity index (χ0) is 15.1. The molecule has 0 saturated carbocycles. The number of rotatable bonds is 10. The Bertz CT molecular complexity index is 326. The largest absolute Gasteiger partial charge is 0.379 e. The minimum absolute atomic E-state index is 0.0876. The third-order valence-corrected chi connectivity index (χ3v) is 7.71. The molecule has 0 aromatic carbocycles. The van der Waals surface area contributed by atoms with E-state index in [4.69, 9.17) is 9.05 Å². The molecule has 0 heterocycles. The Morgan fingerprint density at radius 2 is 1.74 bits per heavy atom. The van der Waals surface area contributed by atoms with Gasteiger partial charge in [-0.05, 0) is 46.3 Å². The Morgan fingerprint density at radius 3 is 2.05 bits per heavy atom. The third kappa shape index (κ3) is 9.50. The zero-order valence-corrected chi connectivity index (χ0v) is 14.6. The summed E-state index contributed by atoms with van der Waals surface area (Å²) < 4.78 is 24.0. The predicted octanol–water partition coefficient (Wildman–Crippen LogP) is 4.37. The van der Waals surface area contributed by atoms with Crippen molar-refractivity contribution in [1.82, 2.24) is 0 Å². The number of hydrogen-bond acceptors (Lipinski definition) is 3. The van der Waals surface area contributed by atoms with E-state index in [1.165, 1.54) is 0 Å². The fourth-order valence-electron chi connectivity index (χ4n) is 1.62. The third-order valence-electron chi connectivity index (χ3n) is 1.89. The van der Waals surface area contributed by atoms with E-state index in [0.29, 0.717) is 5.49 Å². The Labute approximate surface area is 121 Å². The second-order valence-electron chi connectivity index (χ2n) is 5.22. The van der Waals surface area contributed by atoms with Crippen molar-refractivity contribution in [3.8, 4) is 0 Å². The van der Waals surface area contributed by atoms with Crippen LogP contribution in [0.4, 0.5) is 0 Å². The summed E-state index contributed by atoms with van der Waals surface area (Å²) in [7, 11) is -3.14. The van der Waals surface area contributed by atoms with Crippen molar-refractivity contribution in [3.63, 3.8) is 0 Å². The van der Waals surface area contributed by atoms with Gasteiger partial charge in [-0.3, -0.25) is 4.57 Å². The van der Waals surface area contributed by atoms with Gasteiger partial charge in [0.2, 0.25) is 5.49 Å². The van der Waals surface area contributed by atoms with Crippen LogP contribution in [0, 0.1) is 0 Å². The van der Waals surface area contributed by atoms with Crippen LogP contribution in [-0.2, 0) is 24.5 Å². The van der Waals surface area contributed by atoms with E-state index in [1.807, 2.05) is 40.7 Å². The normalized spacial score (nSPS) is 13.8. The summed E-state index contributed by atoms with van der Waals surface area (Å²) >= 11 is 0. The molecule has 112 valence electrons. The van der Waals surface area contributed by atoms with Crippen molar-refractivity contribution in [2.24, 2.45) is 0 Å². The standard InChI is InChI=1S/C14H28O3PS/c1-8-9-19(10-12(2)3)11-18(15,16-13(4)5)17-14(6)7/h8,13-14H,1-2,9-11H2,3-7H3/q+1. The lowest BCUT2D eigenvalue weighted by atomic mass is 10.4. The molecule has 0 bridgehead atoms. The second-order valence-corrected chi connectivity index (χ2v) is 9.74. The highest BCUT2D eigenvalue weighted by Gasteiger charge is 2.36. The van der Waals surface area contributed by atoms with Gasteiger partial charge in [0.05, 0.1) is 12.2 Å². The molecule has 0 spiro atoms. The summed E-state index contributed by atoms with van der Waals surface area (Å²) in [5, 5.41) is 0. The highest BCUT2D eigenvalue weighted by Crippen LogP contribution is 2.52. The van der Waals surface area contributed by atoms with Gasteiger partial charge in [0.1, 0.15) is 11.5 Å². The van der Waals surface area contributed by atoms with Crippen molar-refractivity contribution >= 4 is 18.5 Å². The molecule has 0 saturated heterocycles. The monoisotopic (exact) mass is 307 g/mol. The molecule has 0 amide bonds. The Kier molecular flexibility index (Phi) is 9.01. The first-order valence-corrected chi connectivity index (χ1v) is 9.99. The lowest BCUT2D eigenvalue weighted by Crippen LogP contribution is -2.20. The zero-order valence-electron chi connectivity index (χ0n) is 12.8. The highest BCUT2D eigenvalue weighted by atomic mass is 32.2. The fourth-order valence-corrected chi connectivity index (χ4v) is 7.17. The molecule has 0 aliphatic carbocycles. The molecule has 0 aliphatic heterocycles. The molecule has 19 heavy (non-hydrogen) atoms. The quantitative estimate of drug-likeness (QED) is 0.341. The molecule has 5 heteroatoms. The van der Waals surface area contributed by atoms with Crippen molar-refractivity contribution in [2.75, 3.05) is 17.0 Å². The van der Waals surface area contributed by atoms with Gasteiger partial charge in [-0.15, -0.1) is 0 Å². The maximum atomic E-state index is 12.8. The lowest BCUT2D eigenvalue weighted by Gasteiger charge is -2.22. The molecule has 1 unspecified atom stereocenters. The molecule has 1 atom stereocenters. The first-order chi connectivity index (χ1) is 8.68. The van der Waals surface area contributed by atoms with E-state index < -0.39 is 7.60 Å². The van der Waals surface area contributed by atoms with Gasteiger partial charge in [-0.1, -0.05) is 13.2 Å². The van der Waals surface area contributed by atoms with Crippen molar-refractivity contribution in [1.29, 1.82) is 0 Å². The minimum atomic E-state index is -3.05. The van der Waals surface area contributed by atoms with Crippen LogP contribution in [0.2, 0.25) is 0 Å². The molecular formula is C14H28O3PS+. The molecule has 0 aliphatic rings. The van der Waals surface area contributed by atoms with Gasteiger partial charge in [-0.2, -0.15) is 0 Å². The van der Waals surface area contributed by atoms with Gasteiger partial charge in [0.25, 0.3) is 0 Å². The first kappa shape index (κ1) is 19.0. The molecule has 0 N–H and O–H groups in total. The van der Waals surface area contributed by atoms with Crippen molar-refractivity contribution < 1.29 is 13.6 Å². The Hall–Kier alpha value is -0.0200. The summed E-state index contributed by atoms with van der Waals surface area (Å²) in [5.41, 5.74) is 1.54. The van der Waals surface area contributed by atoms with E-state index >= 15 is 0 Å². The SMILES string of the molecule is C=CC[S+](CC(=C)C)CP(=O)(OC(C)C)OC(C)C. The van der Waals surface area contributed by atoms with Crippen LogP contribution < -0.4 is 0 Å². The predicted molar refractivity (Wildman–Crippen MR) is 87.0 cm³/mol. The van der Waals surface area contributed by atoms with Gasteiger partial charge in [0.15, 0.2) is 0 Å². The Morgan fingerprint density at radius 1 is 1.26 bits per heavy atom. The van der Waals surface area contributed by atoms with Crippen LogP contribution in [0.15, 0.2) is 24.8 Å². The minimum Gasteiger partial charge on any atom is -0.303 e. The van der Waals surface area contributed by atoms with Gasteiger partial charge >= 0.3 is 7.60 Å². The van der Waals surface area contributed by atoms with Crippen molar-refractivity contribution in [3.05, 3.63) is 24.8 Å². The molecular weight excluding hydrogens is 279 g/mol. The van der Waals surface area contributed by atoms with Crippen LogP contribution in [0.1, 0.15) is 34.6 Å². The second kappa shape index (κ2) is 9.02. The van der Waals surface area contributed by atoms with Crippen LogP contribution in [0.25, 0.3) is 0 Å². The molecule has 3 nitrogen and oxygen atoms in total. The van der Waals surface area contributed by atoms with Crippen LogP contribution in [0.3, 0.4) is 0 Å². The van der Waals surface area contributed by atoms with Crippen LogP contribution in [-0.4, -0.2) is 29.2 Å². The maximum absolute atomic E-state index is 12.8. The van der Waals surface area contributed by atoms with E-state index in [2.05, 4.69) is 13.2 Å². The summed E-state index contributed by atoms with van der Waals surface area (Å²) in [4.78, 5) is 0. The molecule has 0 fully saturated rings. The smallest absolute Gasteiger partial charge is 0.303 e. The van der Waals surface area contributed by atoms with Gasteiger partial charge < -0.3 is 9.05 Å². The van der Waals surface area contributed by atoms with E-state index in [0.717, 1.165) is 17.1 Å². The average molecular weight is 307 g/mol. The fraction of sp³-hybridized carbons (Fsp3) is 0.714. The molecule has 0 radical (unpaired) electrons. The van der Waals surface area contributed by atoms with Gasteiger partial charge in [-0.25, -0.2) is 0 Å². The summed E-state index contributed by atoms with van der Waals surface area (Å²) in [5.74, 6) is 1.67. The summed E-state index contributed by atoms with van der Waals surface area (Å²) in [6, 6.07) is 0. The van der Waals surface area contributed by atoms with Gasteiger partial charge in [0, 0.05) is 10.9 Å². The van der Waals surface area contributed by atoms with E-state index in [1.54, 1.807) is 0 Å². The van der Waals surface area contributed by atoms with E-state index in [-0.39, 0.29) is 23.1 Å². The first-order valence-electron chi connectivity index (χ1n) is 6.53. The van der Waals surface area contributed by atoms with Crippen molar-refractivity contribution in [2.45, 2.75) is 46.8 Å². The van der Waals surface area contributed by atoms with Crippen LogP contribution in [0.5, 0.6) is 0 Å². The molecule has 0 aromatic heterocycles. The number of hydrogen-bond donors (Lipinski definition) is 0. The maximum Gasteiger partial charge on any atom is 0.379 e. The molecule has 0 aromatic rings. The Balaban J connectivity index is 4.87. The lowest BCUT2D eigenvalue weighted by molar-refractivity contribution is 0.145. The summed E-state index contributed by atoms with van der Waals surface area (Å²) in [6.45, 7) is 17.2. The topological polar surface area (TPSA) is 35.5 Å². The average Bonchev–Trinajstić information content (AvgIpc) is 2.12. The summed E-state index contributed by atoms with van der Waals surface area (Å²) in [6.07, 6.45) is 1.65. The molecule has 0 rings (SSSR count). The van der Waals surface area contributed by atoms with Crippen LogP contribution >= 0.6 is 7.60 Å². The highest BCUT2D eigenvalue weighted by molar-refractivity contribution is 8.02.